The molecule has 1 aliphatic heterocycles. The maximum absolute atomic E-state index is 14.0. The second-order valence-electron chi connectivity index (χ2n) is 11.4. The molecule has 0 unspecified atom stereocenters. The van der Waals surface area contributed by atoms with E-state index in [0.29, 0.717) is 22.3 Å². The summed E-state index contributed by atoms with van der Waals surface area (Å²) >= 11 is 0. The number of ether oxygens (including phenoxy) is 2. The maximum Gasteiger partial charge on any atom is 0.339 e. The number of ketones is 2. The summed E-state index contributed by atoms with van der Waals surface area (Å²) in [6.07, 6.45) is 6.98. The third-order valence-electron chi connectivity index (χ3n) is 9.06. The van der Waals surface area contributed by atoms with Gasteiger partial charge in [0.25, 0.3) is 0 Å². The SMILES string of the molecule is COc1cc(C=C[C@H]2C3=CC[C@@H]4C(=O)N(c5ccc(C(=O)O)c(O)c5)C(=O)[C@@H]4[C@@H]3CC3=C2C(=O)C=C(C)C3=O)cc(OC)c1O. The number of aromatic carboxylic acids is 1. The summed E-state index contributed by atoms with van der Waals surface area (Å²) in [5.74, 6) is -6.19. The predicted molar refractivity (Wildman–Crippen MR) is 160 cm³/mol. The Hall–Kier alpha value is -5.45. The molecule has 11 heteroatoms. The third kappa shape index (κ3) is 4.62. The molecule has 0 aromatic heterocycles. The van der Waals surface area contributed by atoms with E-state index in [9.17, 15) is 39.3 Å². The summed E-state index contributed by atoms with van der Waals surface area (Å²) in [6.45, 7) is 1.57. The van der Waals surface area contributed by atoms with Gasteiger partial charge in [0.2, 0.25) is 17.6 Å². The van der Waals surface area contributed by atoms with Crippen LogP contribution in [0.4, 0.5) is 5.69 Å². The van der Waals surface area contributed by atoms with Crippen LogP contribution in [0.1, 0.15) is 35.7 Å². The van der Waals surface area contributed by atoms with Gasteiger partial charge in [0, 0.05) is 28.7 Å². The second kappa shape index (κ2) is 10.9. The number of amides is 2. The van der Waals surface area contributed by atoms with Gasteiger partial charge < -0.3 is 24.8 Å². The van der Waals surface area contributed by atoms with Crippen LogP contribution in [0.2, 0.25) is 0 Å². The molecule has 2 aromatic rings. The number of hydrogen-bond acceptors (Lipinski definition) is 9. The molecule has 2 aromatic carbocycles. The Morgan fingerprint density at radius 2 is 1.67 bits per heavy atom. The van der Waals surface area contributed by atoms with Crippen LogP contribution >= 0.6 is 0 Å². The fourth-order valence-corrected chi connectivity index (χ4v) is 6.97. The van der Waals surface area contributed by atoms with Crippen molar-refractivity contribution in [2.45, 2.75) is 19.8 Å². The first kappa shape index (κ1) is 29.6. The molecular weight excluding hydrogens is 582 g/mol. The Labute approximate surface area is 257 Å². The minimum atomic E-state index is -1.36. The Kier molecular flexibility index (Phi) is 7.19. The fraction of sp³-hybridized carbons (Fsp3) is 0.265. The molecule has 11 nitrogen and oxygen atoms in total. The Morgan fingerprint density at radius 3 is 2.29 bits per heavy atom. The molecule has 230 valence electrons. The average Bonchev–Trinajstić information content (AvgIpc) is 3.27. The monoisotopic (exact) mass is 611 g/mol. The molecule has 45 heavy (non-hydrogen) atoms. The number of benzene rings is 2. The Balaban J connectivity index is 1.42. The summed E-state index contributed by atoms with van der Waals surface area (Å²) in [5.41, 5.74) is 1.93. The summed E-state index contributed by atoms with van der Waals surface area (Å²) < 4.78 is 10.5. The van der Waals surface area contributed by atoms with Crippen molar-refractivity contribution in [1.29, 1.82) is 0 Å². The summed E-state index contributed by atoms with van der Waals surface area (Å²) in [4.78, 5) is 66.8. The van der Waals surface area contributed by atoms with E-state index in [4.69, 9.17) is 9.47 Å². The molecular formula is C34H29NO10. The molecule has 1 heterocycles. The number of carboxylic acid groups (broad SMARTS) is 1. The lowest BCUT2D eigenvalue weighted by Crippen LogP contribution is -2.40. The van der Waals surface area contributed by atoms with Crippen molar-refractivity contribution in [3.8, 4) is 23.0 Å². The van der Waals surface area contributed by atoms with E-state index in [1.54, 1.807) is 31.2 Å². The lowest BCUT2D eigenvalue weighted by atomic mass is 9.60. The normalized spacial score (nSPS) is 24.3. The zero-order valence-electron chi connectivity index (χ0n) is 24.6. The highest BCUT2D eigenvalue weighted by atomic mass is 16.5. The van der Waals surface area contributed by atoms with Gasteiger partial charge in [0.15, 0.2) is 23.1 Å². The molecule has 4 aliphatic rings. The molecule has 6 rings (SSSR count). The number of anilines is 1. The van der Waals surface area contributed by atoms with Crippen LogP contribution in [-0.2, 0) is 19.2 Å². The number of nitrogens with zero attached hydrogens (tertiary/aromatic N) is 1. The first-order valence-corrected chi connectivity index (χ1v) is 14.2. The summed E-state index contributed by atoms with van der Waals surface area (Å²) in [7, 11) is 2.81. The van der Waals surface area contributed by atoms with Crippen LogP contribution < -0.4 is 14.4 Å². The predicted octanol–water partition coefficient (Wildman–Crippen LogP) is 3.99. The van der Waals surface area contributed by atoms with Crippen LogP contribution in [0.15, 0.2) is 70.9 Å². The van der Waals surface area contributed by atoms with Gasteiger partial charge in [-0.1, -0.05) is 23.8 Å². The maximum atomic E-state index is 14.0. The van der Waals surface area contributed by atoms with E-state index in [2.05, 4.69) is 0 Å². The molecule has 1 saturated heterocycles. The van der Waals surface area contributed by atoms with E-state index >= 15 is 0 Å². The summed E-state index contributed by atoms with van der Waals surface area (Å²) in [6, 6.07) is 6.70. The van der Waals surface area contributed by atoms with Gasteiger partial charge in [-0.05, 0) is 61.6 Å². The topological polar surface area (TPSA) is 168 Å². The number of carboxylic acids is 1. The standard InChI is InChI=1S/C34H29NO10/c1-15-10-25(37)28-19(6-4-16-11-26(44-2)31(39)27(12-16)45-3)18-8-9-21-29(22(18)14-23(28)30(15)38)33(41)35(32(21)40)17-5-7-20(34(42)43)24(36)13-17/h4-8,10-13,19,21-22,29,36,39H,9,14H2,1-3H3,(H,42,43)/t19-,21-,22+,29-/m0/s1. The van der Waals surface area contributed by atoms with Crippen LogP contribution in [0.25, 0.3) is 6.08 Å². The lowest BCUT2D eigenvalue weighted by molar-refractivity contribution is -0.123. The van der Waals surface area contributed by atoms with Crippen molar-refractivity contribution >= 4 is 41.1 Å². The fourth-order valence-electron chi connectivity index (χ4n) is 6.97. The molecule has 0 radical (unpaired) electrons. The van der Waals surface area contributed by atoms with Crippen molar-refractivity contribution in [1.82, 2.24) is 0 Å². The van der Waals surface area contributed by atoms with Gasteiger partial charge in [-0.2, -0.15) is 0 Å². The van der Waals surface area contributed by atoms with Gasteiger partial charge in [-0.3, -0.25) is 19.2 Å². The summed E-state index contributed by atoms with van der Waals surface area (Å²) in [5, 5.41) is 29.9. The average molecular weight is 612 g/mol. The van der Waals surface area contributed by atoms with Crippen LogP contribution in [-0.4, -0.2) is 58.9 Å². The molecule has 0 bridgehead atoms. The highest BCUT2D eigenvalue weighted by Crippen LogP contribution is 2.53. The van der Waals surface area contributed by atoms with E-state index < -0.39 is 47.2 Å². The highest BCUT2D eigenvalue weighted by molar-refractivity contribution is 6.25. The molecule has 1 fully saturated rings. The highest BCUT2D eigenvalue weighted by Gasteiger charge is 2.56. The number of aromatic hydroxyl groups is 2. The lowest BCUT2D eigenvalue weighted by Gasteiger charge is -2.41. The van der Waals surface area contributed by atoms with E-state index in [-0.39, 0.29) is 52.9 Å². The van der Waals surface area contributed by atoms with Gasteiger partial charge in [0.1, 0.15) is 11.3 Å². The van der Waals surface area contributed by atoms with E-state index in [1.165, 1.54) is 26.4 Å². The van der Waals surface area contributed by atoms with E-state index in [1.807, 2.05) is 6.08 Å². The number of fused-ring (bicyclic) bond motifs is 3. The smallest absolute Gasteiger partial charge is 0.339 e. The first-order chi connectivity index (χ1) is 21.5. The van der Waals surface area contributed by atoms with E-state index in [0.717, 1.165) is 22.6 Å². The van der Waals surface area contributed by atoms with Crippen LogP contribution in [0.5, 0.6) is 23.0 Å². The number of carbonyl (C=O) groups excluding carboxylic acids is 4. The number of phenolic OH excluding ortho intramolecular Hbond substituents is 1. The first-order valence-electron chi connectivity index (χ1n) is 14.2. The van der Waals surface area contributed by atoms with Crippen molar-refractivity contribution in [2.24, 2.45) is 23.7 Å². The number of carbonyl (C=O) groups is 5. The minimum Gasteiger partial charge on any atom is -0.507 e. The number of phenols is 2. The van der Waals surface area contributed by atoms with Crippen molar-refractivity contribution < 1.29 is 48.8 Å². The number of methoxy groups -OCH3 is 2. The Morgan fingerprint density at radius 1 is 0.978 bits per heavy atom. The second-order valence-corrected chi connectivity index (χ2v) is 11.4. The molecule has 4 atom stereocenters. The number of allylic oxidation sites excluding steroid dienone is 7. The van der Waals surface area contributed by atoms with Gasteiger partial charge in [-0.25, -0.2) is 9.69 Å². The molecule has 2 amide bonds. The van der Waals surface area contributed by atoms with Gasteiger partial charge in [0.05, 0.1) is 31.7 Å². The van der Waals surface area contributed by atoms with Crippen LogP contribution in [0.3, 0.4) is 0 Å². The molecule has 3 N–H and O–H groups in total. The zero-order chi connectivity index (χ0) is 32.3. The molecule has 0 saturated carbocycles. The minimum absolute atomic E-state index is 0.0496. The number of Topliss-reactive ketones (excluding diaryl/α,β-unsaturated/α-hetero) is 1. The molecule has 3 aliphatic carbocycles. The number of imide groups is 1. The van der Waals surface area contributed by atoms with Crippen molar-refractivity contribution in [2.75, 3.05) is 19.1 Å². The number of rotatable bonds is 6. The van der Waals surface area contributed by atoms with Crippen molar-refractivity contribution in [3.05, 3.63) is 82.0 Å². The largest absolute Gasteiger partial charge is 0.507 e. The van der Waals surface area contributed by atoms with Crippen molar-refractivity contribution in [3.63, 3.8) is 0 Å². The molecule has 0 spiro atoms. The van der Waals surface area contributed by atoms with Crippen LogP contribution in [0, 0.1) is 23.7 Å². The van der Waals surface area contributed by atoms with Gasteiger partial charge in [-0.15, -0.1) is 0 Å². The quantitative estimate of drug-likeness (QED) is 0.247. The Bertz CT molecular complexity index is 1820. The zero-order valence-corrected chi connectivity index (χ0v) is 24.6. The third-order valence-corrected chi connectivity index (χ3v) is 9.06. The van der Waals surface area contributed by atoms with Gasteiger partial charge >= 0.3 is 5.97 Å². The number of hydrogen-bond donors (Lipinski definition) is 3.